The predicted molar refractivity (Wildman–Crippen MR) is 103 cm³/mol. The first-order chi connectivity index (χ1) is 13.0. The van der Waals surface area contributed by atoms with Crippen molar-refractivity contribution in [1.82, 2.24) is 4.90 Å². The van der Waals surface area contributed by atoms with Crippen LogP contribution in [0.4, 0.5) is 5.69 Å². The lowest BCUT2D eigenvalue weighted by molar-refractivity contribution is 0.0599. The molecule has 0 radical (unpaired) electrons. The van der Waals surface area contributed by atoms with Gasteiger partial charge in [0.15, 0.2) is 0 Å². The lowest BCUT2D eigenvalue weighted by atomic mass is 10.1. The highest BCUT2D eigenvalue weighted by Gasteiger charge is 2.27. The van der Waals surface area contributed by atoms with E-state index in [1.165, 1.54) is 7.11 Å². The van der Waals surface area contributed by atoms with Crippen molar-refractivity contribution in [2.75, 3.05) is 38.7 Å². The van der Waals surface area contributed by atoms with E-state index in [0.717, 1.165) is 24.5 Å². The van der Waals surface area contributed by atoms with E-state index < -0.39 is 5.97 Å². The molecule has 1 heterocycles. The van der Waals surface area contributed by atoms with Gasteiger partial charge in [-0.25, -0.2) is 4.79 Å². The fourth-order valence-electron chi connectivity index (χ4n) is 3.25. The monoisotopic (exact) mass is 368 g/mol. The molecule has 0 saturated heterocycles. The Bertz CT molecular complexity index is 819. The summed E-state index contributed by atoms with van der Waals surface area (Å²) in [6.07, 6.45) is -0.108. The number of methoxy groups -OCH3 is 1. The number of esters is 1. The van der Waals surface area contributed by atoms with Gasteiger partial charge in [-0.1, -0.05) is 12.1 Å². The molecule has 0 unspecified atom stereocenters. The lowest BCUT2D eigenvalue weighted by Gasteiger charge is -2.37. The molecule has 0 bridgehead atoms. The number of likely N-dealkylation sites (N-methyl/N-ethyl adjacent to an activating group) is 2. The van der Waals surface area contributed by atoms with Gasteiger partial charge in [-0.3, -0.25) is 4.79 Å². The molecule has 6 nitrogen and oxygen atoms in total. The highest BCUT2D eigenvalue weighted by Crippen LogP contribution is 2.32. The Kier molecular flexibility index (Phi) is 5.64. The van der Waals surface area contributed by atoms with Crippen molar-refractivity contribution in [2.45, 2.75) is 13.0 Å². The van der Waals surface area contributed by atoms with E-state index in [1.807, 2.05) is 24.3 Å². The number of carbonyl (C=O) groups is 2. The maximum Gasteiger partial charge on any atom is 0.337 e. The van der Waals surface area contributed by atoms with E-state index >= 15 is 0 Å². The number of ether oxygens (including phenoxy) is 2. The van der Waals surface area contributed by atoms with Crippen LogP contribution < -0.4 is 9.64 Å². The quantitative estimate of drug-likeness (QED) is 0.760. The van der Waals surface area contributed by atoms with Crippen LogP contribution in [-0.2, 0) is 4.74 Å². The van der Waals surface area contributed by atoms with E-state index in [9.17, 15) is 9.59 Å². The highest BCUT2D eigenvalue weighted by atomic mass is 16.5. The van der Waals surface area contributed by atoms with Crippen molar-refractivity contribution in [3.05, 3.63) is 59.7 Å². The van der Waals surface area contributed by atoms with Crippen LogP contribution in [-0.4, -0.2) is 56.7 Å². The van der Waals surface area contributed by atoms with Crippen molar-refractivity contribution in [3.8, 4) is 5.75 Å². The molecule has 142 valence electrons. The first-order valence-electron chi connectivity index (χ1n) is 8.98. The molecule has 3 rings (SSSR count). The third-order valence-corrected chi connectivity index (χ3v) is 4.68. The molecular weight excluding hydrogens is 344 g/mol. The van der Waals surface area contributed by atoms with Crippen LogP contribution in [0.3, 0.4) is 0 Å². The normalized spacial score (nSPS) is 15.5. The zero-order valence-corrected chi connectivity index (χ0v) is 15.8. The van der Waals surface area contributed by atoms with Crippen LogP contribution in [0.1, 0.15) is 27.6 Å². The molecule has 1 aliphatic heterocycles. The topological polar surface area (TPSA) is 59.1 Å². The van der Waals surface area contributed by atoms with E-state index in [-0.39, 0.29) is 12.0 Å². The maximum atomic E-state index is 12.7. The van der Waals surface area contributed by atoms with Crippen LogP contribution in [0.5, 0.6) is 5.75 Å². The number of anilines is 1. The Morgan fingerprint density at radius 3 is 2.48 bits per heavy atom. The summed E-state index contributed by atoms with van der Waals surface area (Å²) in [7, 11) is 3.09. The van der Waals surface area contributed by atoms with Crippen LogP contribution in [0, 0.1) is 0 Å². The van der Waals surface area contributed by atoms with Gasteiger partial charge in [-0.2, -0.15) is 0 Å². The number of amides is 1. The molecule has 2 aromatic rings. The largest absolute Gasteiger partial charge is 0.485 e. The molecule has 27 heavy (non-hydrogen) atoms. The minimum atomic E-state index is -0.420. The van der Waals surface area contributed by atoms with Gasteiger partial charge in [-0.05, 0) is 43.3 Å². The number of hydrogen-bond acceptors (Lipinski definition) is 5. The summed E-state index contributed by atoms with van der Waals surface area (Å²) < 4.78 is 10.8. The minimum Gasteiger partial charge on any atom is -0.485 e. The van der Waals surface area contributed by atoms with Gasteiger partial charge in [-0.15, -0.1) is 0 Å². The highest BCUT2D eigenvalue weighted by molar-refractivity contribution is 5.96. The second-order valence-corrected chi connectivity index (χ2v) is 6.50. The molecule has 6 heteroatoms. The smallest absolute Gasteiger partial charge is 0.337 e. The van der Waals surface area contributed by atoms with Crippen LogP contribution in [0.15, 0.2) is 48.5 Å². The molecule has 0 spiro atoms. The third kappa shape index (κ3) is 4.05. The maximum absolute atomic E-state index is 12.7. The van der Waals surface area contributed by atoms with Crippen molar-refractivity contribution in [2.24, 2.45) is 0 Å². The van der Waals surface area contributed by atoms with Gasteiger partial charge in [0, 0.05) is 19.2 Å². The van der Waals surface area contributed by atoms with Crippen molar-refractivity contribution < 1.29 is 19.1 Å². The zero-order valence-electron chi connectivity index (χ0n) is 15.8. The van der Waals surface area contributed by atoms with E-state index in [2.05, 4.69) is 16.6 Å². The summed E-state index contributed by atoms with van der Waals surface area (Å²) in [6.45, 7) is 4.19. The summed E-state index contributed by atoms with van der Waals surface area (Å²) in [5, 5.41) is 0. The van der Waals surface area contributed by atoms with Crippen LogP contribution in [0.2, 0.25) is 0 Å². The first kappa shape index (κ1) is 18.8. The van der Waals surface area contributed by atoms with Gasteiger partial charge < -0.3 is 19.3 Å². The Hall–Kier alpha value is -3.02. The van der Waals surface area contributed by atoms with Gasteiger partial charge in [0.05, 0.1) is 31.5 Å². The van der Waals surface area contributed by atoms with E-state index in [1.54, 1.807) is 36.2 Å². The summed E-state index contributed by atoms with van der Waals surface area (Å²) in [5.74, 6) is 0.312. The summed E-state index contributed by atoms with van der Waals surface area (Å²) in [4.78, 5) is 28.1. The Morgan fingerprint density at radius 2 is 1.81 bits per heavy atom. The number of carbonyl (C=O) groups excluding carboxylic acids is 2. The molecule has 2 aromatic carbocycles. The van der Waals surface area contributed by atoms with Crippen molar-refractivity contribution in [1.29, 1.82) is 0 Å². The lowest BCUT2D eigenvalue weighted by Crippen LogP contribution is -2.46. The summed E-state index contributed by atoms with van der Waals surface area (Å²) in [5.41, 5.74) is 2.03. The molecule has 0 aromatic heterocycles. The molecule has 1 aliphatic rings. The molecular formula is C21H24N2O4. The number of benzene rings is 2. The second kappa shape index (κ2) is 8.12. The van der Waals surface area contributed by atoms with Crippen molar-refractivity contribution >= 4 is 17.6 Å². The number of fused-ring (bicyclic) bond motifs is 1. The molecule has 1 atom stereocenters. The van der Waals surface area contributed by atoms with Crippen LogP contribution >= 0.6 is 0 Å². The standard InChI is InChI=1S/C21H24N2O4/c1-4-23-14-17(27-19-8-6-5-7-18(19)23)13-22(2)20(24)15-9-11-16(12-10-15)21(25)26-3/h5-12,17H,4,13-14H2,1-3H3/t17-/m0/s1. The average molecular weight is 368 g/mol. The molecule has 1 amide bonds. The second-order valence-electron chi connectivity index (χ2n) is 6.50. The minimum absolute atomic E-state index is 0.108. The number of hydrogen-bond donors (Lipinski definition) is 0. The fourth-order valence-corrected chi connectivity index (χ4v) is 3.25. The average Bonchev–Trinajstić information content (AvgIpc) is 2.72. The molecule has 0 N–H and O–H groups in total. The number of nitrogens with zero attached hydrogens (tertiary/aromatic N) is 2. The van der Waals surface area contributed by atoms with E-state index in [0.29, 0.717) is 17.7 Å². The first-order valence-corrected chi connectivity index (χ1v) is 8.98. The Balaban J connectivity index is 1.67. The summed E-state index contributed by atoms with van der Waals surface area (Å²) in [6, 6.07) is 14.4. The van der Waals surface area contributed by atoms with Gasteiger partial charge >= 0.3 is 5.97 Å². The van der Waals surface area contributed by atoms with Gasteiger partial charge in [0.2, 0.25) is 0 Å². The molecule has 0 aliphatic carbocycles. The van der Waals surface area contributed by atoms with Crippen LogP contribution in [0.25, 0.3) is 0 Å². The van der Waals surface area contributed by atoms with Gasteiger partial charge in [0.25, 0.3) is 5.91 Å². The fraction of sp³-hybridized carbons (Fsp3) is 0.333. The number of para-hydroxylation sites is 2. The summed E-state index contributed by atoms with van der Waals surface area (Å²) >= 11 is 0. The Morgan fingerprint density at radius 1 is 1.15 bits per heavy atom. The van der Waals surface area contributed by atoms with Crippen molar-refractivity contribution in [3.63, 3.8) is 0 Å². The molecule has 0 saturated carbocycles. The van der Waals surface area contributed by atoms with Gasteiger partial charge in [0.1, 0.15) is 11.9 Å². The van der Waals surface area contributed by atoms with E-state index in [4.69, 9.17) is 4.74 Å². The third-order valence-electron chi connectivity index (χ3n) is 4.68. The zero-order chi connectivity index (χ0) is 19.4. The number of rotatable bonds is 5. The predicted octanol–water partition coefficient (Wildman–Crippen LogP) is 2.83. The molecule has 0 fully saturated rings. The Labute approximate surface area is 159 Å². The SMILES string of the molecule is CCN1C[C@H](CN(C)C(=O)c2ccc(C(=O)OC)cc2)Oc2ccccc21.